The minimum absolute atomic E-state index is 0.0986. The van der Waals surface area contributed by atoms with E-state index in [1.807, 2.05) is 12.1 Å². The van der Waals surface area contributed by atoms with Crippen molar-refractivity contribution in [3.63, 3.8) is 0 Å². The minimum Gasteiger partial charge on any atom is -0.206 e. The van der Waals surface area contributed by atoms with Crippen LogP contribution in [0.2, 0.25) is 0 Å². The van der Waals surface area contributed by atoms with Gasteiger partial charge in [-0.15, -0.1) is 0 Å². The maximum atomic E-state index is 14.0. The van der Waals surface area contributed by atoms with Gasteiger partial charge in [0.15, 0.2) is 0 Å². The zero-order chi connectivity index (χ0) is 21.5. The second kappa shape index (κ2) is 7.86. The molecular formula is C25H21F5. The van der Waals surface area contributed by atoms with Crippen LogP contribution >= 0.6 is 0 Å². The van der Waals surface area contributed by atoms with E-state index in [4.69, 9.17) is 0 Å². The van der Waals surface area contributed by atoms with E-state index < -0.39 is 23.4 Å². The van der Waals surface area contributed by atoms with Gasteiger partial charge in [-0.05, 0) is 76.8 Å². The van der Waals surface area contributed by atoms with E-state index in [9.17, 15) is 22.0 Å². The molecule has 156 valence electrons. The molecule has 5 heteroatoms. The number of fused-ring (bicyclic) bond motifs is 3. The van der Waals surface area contributed by atoms with E-state index >= 15 is 0 Å². The summed E-state index contributed by atoms with van der Waals surface area (Å²) in [7, 11) is 0. The van der Waals surface area contributed by atoms with Crippen LogP contribution in [0.15, 0.2) is 48.5 Å². The lowest BCUT2D eigenvalue weighted by Crippen LogP contribution is -2.11. The highest BCUT2D eigenvalue weighted by molar-refractivity contribution is 5.77. The molecule has 1 aliphatic rings. The van der Waals surface area contributed by atoms with Gasteiger partial charge in [0.1, 0.15) is 17.2 Å². The molecule has 0 bridgehead atoms. The molecule has 0 radical (unpaired) electrons. The first-order valence-electron chi connectivity index (χ1n) is 10.1. The molecule has 3 aromatic carbocycles. The van der Waals surface area contributed by atoms with Crippen LogP contribution in [0.1, 0.15) is 42.0 Å². The molecule has 3 aromatic rings. The summed E-state index contributed by atoms with van der Waals surface area (Å²) in [5.41, 5.74) is 4.61. The van der Waals surface area contributed by atoms with Crippen LogP contribution in [0.25, 0.3) is 22.3 Å². The summed E-state index contributed by atoms with van der Waals surface area (Å²) in [4.78, 5) is 0. The van der Waals surface area contributed by atoms with E-state index in [2.05, 4.69) is 25.1 Å². The molecule has 0 heterocycles. The minimum atomic E-state index is -5.07. The summed E-state index contributed by atoms with van der Waals surface area (Å²) in [6, 6.07) is 13.4. The molecule has 0 aromatic heterocycles. The Balaban J connectivity index is 1.70. The van der Waals surface area contributed by atoms with Gasteiger partial charge in [-0.1, -0.05) is 49.7 Å². The Hall–Kier alpha value is -2.69. The molecule has 0 atom stereocenters. The highest BCUT2D eigenvalue weighted by Crippen LogP contribution is 2.39. The predicted octanol–water partition coefficient (Wildman–Crippen LogP) is 7.76. The molecule has 4 rings (SSSR count). The smallest absolute Gasteiger partial charge is 0.206 e. The van der Waals surface area contributed by atoms with Crippen molar-refractivity contribution in [1.29, 1.82) is 0 Å². The number of hydrogen-bond acceptors (Lipinski definition) is 0. The van der Waals surface area contributed by atoms with Crippen LogP contribution in [0, 0.1) is 11.6 Å². The quantitative estimate of drug-likeness (QED) is 0.381. The average molecular weight is 416 g/mol. The summed E-state index contributed by atoms with van der Waals surface area (Å²) in [5, 5.41) is 0. The zero-order valence-electron chi connectivity index (χ0n) is 16.5. The summed E-state index contributed by atoms with van der Waals surface area (Å²) >= 11 is 0. The molecule has 0 unspecified atom stereocenters. The Labute approximate surface area is 172 Å². The van der Waals surface area contributed by atoms with Crippen molar-refractivity contribution >= 4 is 0 Å². The second-order valence-electron chi connectivity index (χ2n) is 7.78. The Bertz CT molecular complexity index is 1070. The van der Waals surface area contributed by atoms with Gasteiger partial charge in [0.2, 0.25) is 0 Å². The van der Waals surface area contributed by atoms with Crippen molar-refractivity contribution in [3.8, 4) is 22.3 Å². The highest BCUT2D eigenvalue weighted by atomic mass is 19.4. The summed E-state index contributed by atoms with van der Waals surface area (Å²) in [5.74, 6) is -3.19. The molecule has 0 amide bonds. The first kappa shape index (κ1) is 20.6. The Morgan fingerprint density at radius 3 is 1.97 bits per heavy atom. The van der Waals surface area contributed by atoms with Gasteiger partial charge in [0.25, 0.3) is 0 Å². The largest absolute Gasteiger partial charge is 0.422 e. The molecule has 0 saturated heterocycles. The van der Waals surface area contributed by atoms with E-state index in [0.29, 0.717) is 5.56 Å². The first-order valence-corrected chi connectivity index (χ1v) is 10.1. The third kappa shape index (κ3) is 3.85. The fourth-order valence-electron chi connectivity index (χ4n) is 4.18. The third-order valence-electron chi connectivity index (χ3n) is 5.71. The maximum absolute atomic E-state index is 14.0. The molecular weight excluding hydrogens is 395 g/mol. The van der Waals surface area contributed by atoms with Crippen molar-refractivity contribution in [2.45, 2.75) is 45.2 Å². The van der Waals surface area contributed by atoms with E-state index in [0.717, 1.165) is 60.9 Å². The Kier molecular flexibility index (Phi) is 5.39. The number of aryl methyl sites for hydroxylation is 3. The fourth-order valence-corrected chi connectivity index (χ4v) is 4.18. The SMILES string of the molecule is CCCCc1ccc2c(c1)CCc1cc(-c3cc(F)c(C(F)(F)F)c(F)c3)ccc1-2. The normalized spacial score (nSPS) is 13.1. The second-order valence-corrected chi connectivity index (χ2v) is 7.78. The van der Waals surface area contributed by atoms with Gasteiger partial charge >= 0.3 is 6.18 Å². The summed E-state index contributed by atoms with van der Waals surface area (Å²) in [6.45, 7) is 2.17. The highest BCUT2D eigenvalue weighted by Gasteiger charge is 2.38. The number of alkyl halides is 3. The van der Waals surface area contributed by atoms with Crippen LogP contribution in [0.5, 0.6) is 0 Å². The van der Waals surface area contributed by atoms with Crippen LogP contribution in [0.4, 0.5) is 22.0 Å². The van der Waals surface area contributed by atoms with E-state index in [1.165, 1.54) is 11.1 Å². The lowest BCUT2D eigenvalue weighted by atomic mass is 9.83. The molecule has 0 fully saturated rings. The number of benzene rings is 3. The number of hydrogen-bond donors (Lipinski definition) is 0. The zero-order valence-corrected chi connectivity index (χ0v) is 16.5. The average Bonchev–Trinajstić information content (AvgIpc) is 2.69. The Morgan fingerprint density at radius 1 is 0.767 bits per heavy atom. The lowest BCUT2D eigenvalue weighted by Gasteiger charge is -2.22. The Morgan fingerprint density at radius 2 is 1.37 bits per heavy atom. The van der Waals surface area contributed by atoms with Crippen LogP contribution in [-0.4, -0.2) is 0 Å². The van der Waals surface area contributed by atoms with Crippen molar-refractivity contribution in [1.82, 2.24) is 0 Å². The van der Waals surface area contributed by atoms with Gasteiger partial charge in [-0.25, -0.2) is 8.78 Å². The first-order chi connectivity index (χ1) is 14.3. The van der Waals surface area contributed by atoms with Crippen LogP contribution in [-0.2, 0) is 25.4 Å². The summed E-state index contributed by atoms with van der Waals surface area (Å²) < 4.78 is 66.5. The van der Waals surface area contributed by atoms with E-state index in [1.54, 1.807) is 6.07 Å². The van der Waals surface area contributed by atoms with Crippen LogP contribution in [0.3, 0.4) is 0 Å². The van der Waals surface area contributed by atoms with Gasteiger partial charge in [-0.2, -0.15) is 13.2 Å². The molecule has 0 saturated carbocycles. The van der Waals surface area contributed by atoms with E-state index in [-0.39, 0.29) is 5.56 Å². The van der Waals surface area contributed by atoms with Gasteiger partial charge in [0, 0.05) is 0 Å². The topological polar surface area (TPSA) is 0 Å². The van der Waals surface area contributed by atoms with Crippen molar-refractivity contribution in [2.24, 2.45) is 0 Å². The molecule has 30 heavy (non-hydrogen) atoms. The monoisotopic (exact) mass is 416 g/mol. The lowest BCUT2D eigenvalue weighted by molar-refractivity contribution is -0.142. The van der Waals surface area contributed by atoms with Crippen molar-refractivity contribution < 1.29 is 22.0 Å². The molecule has 0 N–H and O–H groups in total. The molecule has 0 aliphatic heterocycles. The molecule has 0 spiro atoms. The number of unbranched alkanes of at least 4 members (excludes halogenated alkanes) is 1. The predicted molar refractivity (Wildman–Crippen MR) is 108 cm³/mol. The maximum Gasteiger partial charge on any atom is 0.422 e. The van der Waals surface area contributed by atoms with Crippen LogP contribution < -0.4 is 0 Å². The fraction of sp³-hybridized carbons (Fsp3) is 0.280. The number of rotatable bonds is 4. The van der Waals surface area contributed by atoms with Crippen molar-refractivity contribution in [3.05, 3.63) is 82.4 Å². The van der Waals surface area contributed by atoms with Gasteiger partial charge in [0.05, 0.1) is 0 Å². The van der Waals surface area contributed by atoms with Crippen molar-refractivity contribution in [2.75, 3.05) is 0 Å². The van der Waals surface area contributed by atoms with Gasteiger partial charge in [-0.3, -0.25) is 0 Å². The standard InChI is InChI=1S/C25H21F5/c1-2-3-4-15-5-9-20-17(11-15)6-7-18-12-16(8-10-21(18)20)19-13-22(26)24(23(27)14-19)25(28,29)30/h5,8-14H,2-4,6-7H2,1H3. The third-order valence-corrected chi connectivity index (χ3v) is 5.71. The molecule has 0 nitrogen and oxygen atoms in total. The van der Waals surface area contributed by atoms with Gasteiger partial charge < -0.3 is 0 Å². The number of halogens is 5. The summed E-state index contributed by atoms with van der Waals surface area (Å²) in [6.07, 6.45) is -0.0732. The molecule has 1 aliphatic carbocycles.